The van der Waals surface area contributed by atoms with Crippen molar-refractivity contribution in [2.45, 2.75) is 0 Å². The van der Waals surface area contributed by atoms with E-state index in [9.17, 15) is 4.39 Å². The van der Waals surface area contributed by atoms with E-state index in [0.29, 0.717) is 5.70 Å². The molecule has 0 fully saturated rings. The topological polar surface area (TPSA) is 6.48 Å². The molecule has 0 aliphatic carbocycles. The molecular formula is C12H9FIrN2-2. The third kappa shape index (κ3) is 1.58. The molecule has 2 nitrogen and oxygen atoms in total. The average molecular weight is 392 g/mol. The fourth-order valence-electron chi connectivity index (χ4n) is 1.86. The molecule has 1 aromatic rings. The molecule has 4 heteroatoms. The summed E-state index contributed by atoms with van der Waals surface area (Å²) in [5.74, 6) is -0.206. The standard InChI is InChI=1S/C12H9FN2.Ir/c1-14-7-12-10(13)6-9-4-2-3-5-11(9)15(12)8-14;/h2-4,6-8H,1H3;/q-2;. The number of rotatable bonds is 0. The molecule has 85 valence electrons. The van der Waals surface area contributed by atoms with Crippen LogP contribution in [0, 0.1) is 12.7 Å². The van der Waals surface area contributed by atoms with Crippen LogP contribution in [0.3, 0.4) is 0 Å². The SMILES string of the molecule is CN1C=C2C(F)=Cc3ccc[c-]c3N2[CH-]1.[Ir]. The van der Waals surface area contributed by atoms with E-state index in [1.54, 1.807) is 12.3 Å². The fourth-order valence-corrected chi connectivity index (χ4v) is 1.86. The molecule has 2 aliphatic rings. The van der Waals surface area contributed by atoms with Gasteiger partial charge in [-0.1, -0.05) is 11.8 Å². The van der Waals surface area contributed by atoms with E-state index in [4.69, 9.17) is 0 Å². The number of para-hydroxylation sites is 1. The second kappa shape index (κ2) is 4.04. The molecule has 0 spiro atoms. The molecule has 0 saturated carbocycles. The maximum atomic E-state index is 13.7. The summed E-state index contributed by atoms with van der Waals surface area (Å²) in [6.45, 7) is 1.84. The van der Waals surface area contributed by atoms with Crippen LogP contribution < -0.4 is 4.90 Å². The largest absolute Gasteiger partial charge is 0.510 e. The van der Waals surface area contributed by atoms with Gasteiger partial charge in [0.1, 0.15) is 5.83 Å². The van der Waals surface area contributed by atoms with Crippen molar-refractivity contribution in [3.63, 3.8) is 0 Å². The molecule has 0 aromatic heterocycles. The van der Waals surface area contributed by atoms with Gasteiger partial charge in [-0.25, -0.2) is 4.39 Å². The van der Waals surface area contributed by atoms with E-state index in [1.165, 1.54) is 0 Å². The minimum Gasteiger partial charge on any atom is -0.510 e. The van der Waals surface area contributed by atoms with E-state index in [2.05, 4.69) is 6.07 Å². The smallest absolute Gasteiger partial charge is 0.134 e. The minimum absolute atomic E-state index is 0. The second-order valence-electron chi connectivity index (χ2n) is 3.63. The first-order valence-electron chi connectivity index (χ1n) is 4.72. The van der Waals surface area contributed by atoms with Crippen LogP contribution in [0.25, 0.3) is 6.08 Å². The molecule has 1 aromatic carbocycles. The molecule has 0 atom stereocenters. The van der Waals surface area contributed by atoms with Crippen LogP contribution in [0.15, 0.2) is 35.9 Å². The van der Waals surface area contributed by atoms with Crippen LogP contribution in [-0.4, -0.2) is 11.9 Å². The average Bonchev–Trinajstić information content (AvgIpc) is 2.61. The van der Waals surface area contributed by atoms with Crippen LogP contribution in [0.5, 0.6) is 0 Å². The summed E-state index contributed by atoms with van der Waals surface area (Å²) in [5, 5.41) is 0. The summed E-state index contributed by atoms with van der Waals surface area (Å²) in [6.07, 6.45) is 3.30. The Morgan fingerprint density at radius 3 is 3.06 bits per heavy atom. The number of hydrogen-bond acceptors (Lipinski definition) is 2. The first-order valence-corrected chi connectivity index (χ1v) is 4.72. The first kappa shape index (κ1) is 11.4. The van der Waals surface area contributed by atoms with Gasteiger partial charge in [-0.05, 0) is 13.2 Å². The van der Waals surface area contributed by atoms with Crippen LogP contribution in [0.2, 0.25) is 0 Å². The minimum atomic E-state index is -0.206. The van der Waals surface area contributed by atoms with Crippen molar-refractivity contribution < 1.29 is 24.5 Å². The van der Waals surface area contributed by atoms with Gasteiger partial charge in [0.05, 0.1) is 5.70 Å². The van der Waals surface area contributed by atoms with Gasteiger partial charge in [-0.3, -0.25) is 0 Å². The van der Waals surface area contributed by atoms with E-state index < -0.39 is 0 Å². The van der Waals surface area contributed by atoms with Gasteiger partial charge < -0.3 is 9.80 Å². The number of hydrogen-bond donors (Lipinski definition) is 0. The number of allylic oxidation sites excluding steroid dienone is 1. The molecule has 0 saturated heterocycles. The molecule has 3 rings (SSSR count). The maximum Gasteiger partial charge on any atom is 0.134 e. The van der Waals surface area contributed by atoms with Gasteiger partial charge in [0, 0.05) is 20.1 Å². The molecule has 1 radical (unpaired) electrons. The summed E-state index contributed by atoms with van der Waals surface area (Å²) >= 11 is 0. The number of benzene rings is 1. The molecule has 0 bridgehead atoms. The Kier molecular flexibility index (Phi) is 2.87. The second-order valence-corrected chi connectivity index (χ2v) is 3.63. The zero-order valence-corrected chi connectivity index (χ0v) is 11.0. The summed E-state index contributed by atoms with van der Waals surface area (Å²) in [5.41, 5.74) is 2.33. The van der Waals surface area contributed by atoms with Crippen LogP contribution in [-0.2, 0) is 20.1 Å². The van der Waals surface area contributed by atoms with Gasteiger partial charge in [-0.15, -0.1) is 5.56 Å². The fraction of sp³-hybridized carbons (Fsp3) is 0.0833. The number of anilines is 1. The van der Waals surface area contributed by atoms with Gasteiger partial charge in [0.15, 0.2) is 0 Å². The quantitative estimate of drug-likeness (QED) is 0.626. The monoisotopic (exact) mass is 393 g/mol. The summed E-state index contributed by atoms with van der Waals surface area (Å²) in [7, 11) is 1.88. The Balaban J connectivity index is 0.000000963. The van der Waals surface area contributed by atoms with Crippen LogP contribution >= 0.6 is 0 Å². The van der Waals surface area contributed by atoms with Crippen LogP contribution in [0.4, 0.5) is 10.1 Å². The first-order chi connectivity index (χ1) is 7.25. The summed E-state index contributed by atoms with van der Waals surface area (Å²) in [6, 6.07) is 8.69. The van der Waals surface area contributed by atoms with E-state index in [-0.39, 0.29) is 25.9 Å². The van der Waals surface area contributed by atoms with Crippen molar-refractivity contribution in [1.82, 2.24) is 4.90 Å². The summed E-state index contributed by atoms with van der Waals surface area (Å²) in [4.78, 5) is 3.64. The van der Waals surface area contributed by atoms with E-state index >= 15 is 0 Å². The zero-order chi connectivity index (χ0) is 10.4. The Bertz CT molecular complexity index is 482. The molecule has 0 unspecified atom stereocenters. The Labute approximate surface area is 107 Å². The van der Waals surface area contributed by atoms with E-state index in [0.717, 1.165) is 11.3 Å². The Morgan fingerprint density at radius 2 is 2.25 bits per heavy atom. The van der Waals surface area contributed by atoms with Gasteiger partial charge >= 0.3 is 0 Å². The summed E-state index contributed by atoms with van der Waals surface area (Å²) < 4.78 is 13.7. The van der Waals surface area contributed by atoms with Crippen LogP contribution in [0.1, 0.15) is 5.56 Å². The van der Waals surface area contributed by atoms with Crippen molar-refractivity contribution in [1.29, 1.82) is 0 Å². The predicted octanol–water partition coefficient (Wildman–Crippen LogP) is 2.52. The van der Waals surface area contributed by atoms with Gasteiger partial charge in [0.25, 0.3) is 0 Å². The molecular weight excluding hydrogens is 383 g/mol. The Morgan fingerprint density at radius 1 is 1.44 bits per heavy atom. The maximum absolute atomic E-state index is 13.7. The molecule has 2 heterocycles. The molecule has 2 aliphatic heterocycles. The Hall–Kier alpha value is -1.12. The van der Waals surface area contributed by atoms with Gasteiger partial charge in [-0.2, -0.15) is 30.9 Å². The van der Waals surface area contributed by atoms with Crippen molar-refractivity contribution in [2.75, 3.05) is 11.9 Å². The third-order valence-electron chi connectivity index (χ3n) is 2.52. The molecule has 0 N–H and O–H groups in total. The van der Waals surface area contributed by atoms with Crippen molar-refractivity contribution in [2.24, 2.45) is 0 Å². The number of fused-ring (bicyclic) bond motifs is 3. The van der Waals surface area contributed by atoms with Crippen molar-refractivity contribution >= 4 is 11.8 Å². The van der Waals surface area contributed by atoms with Crippen molar-refractivity contribution in [3.8, 4) is 0 Å². The normalized spacial score (nSPS) is 17.1. The van der Waals surface area contributed by atoms with E-state index in [1.807, 2.05) is 41.7 Å². The predicted molar refractivity (Wildman–Crippen MR) is 57.0 cm³/mol. The number of halogens is 1. The van der Waals surface area contributed by atoms with Gasteiger partial charge in [0.2, 0.25) is 0 Å². The molecule has 0 amide bonds. The molecule has 16 heavy (non-hydrogen) atoms. The van der Waals surface area contributed by atoms with Crippen molar-refractivity contribution in [3.05, 3.63) is 54.2 Å². The third-order valence-corrected chi connectivity index (χ3v) is 2.52. The zero-order valence-electron chi connectivity index (χ0n) is 8.57. The number of nitrogens with zero attached hydrogens (tertiary/aromatic N) is 2.